The molecule has 49 heavy (non-hydrogen) atoms. The second-order valence-electron chi connectivity index (χ2n) is 13.3. The summed E-state index contributed by atoms with van der Waals surface area (Å²) < 4.78 is 5.54. The number of thiophene rings is 1. The van der Waals surface area contributed by atoms with Crippen LogP contribution in [-0.2, 0) is 31.1 Å². The van der Waals surface area contributed by atoms with Gasteiger partial charge in [-0.2, -0.15) is 5.01 Å². The molecule has 2 N–H and O–H groups in total. The van der Waals surface area contributed by atoms with E-state index in [1.165, 1.54) is 23.3 Å². The zero-order chi connectivity index (χ0) is 34.0. The van der Waals surface area contributed by atoms with Crippen molar-refractivity contribution in [2.75, 3.05) is 12.5 Å². The van der Waals surface area contributed by atoms with Gasteiger partial charge in [-0.25, -0.2) is 0 Å². The van der Waals surface area contributed by atoms with Crippen molar-refractivity contribution in [1.82, 2.24) is 9.91 Å². The van der Waals surface area contributed by atoms with Crippen molar-refractivity contribution in [2.45, 2.75) is 37.6 Å². The molecule has 9 nitrogen and oxygen atoms in total. The normalized spacial score (nSPS) is 27.5. The fourth-order valence-corrected chi connectivity index (χ4v) is 9.50. The Morgan fingerprint density at radius 1 is 0.898 bits per heavy atom. The predicted molar refractivity (Wildman–Crippen MR) is 183 cm³/mol. The van der Waals surface area contributed by atoms with Crippen molar-refractivity contribution in [2.24, 2.45) is 23.7 Å². The molecule has 10 heteroatoms. The quantitative estimate of drug-likeness (QED) is 0.184. The minimum absolute atomic E-state index is 0.133. The van der Waals surface area contributed by atoms with Gasteiger partial charge in [0.1, 0.15) is 0 Å². The van der Waals surface area contributed by atoms with Gasteiger partial charge in [-0.1, -0.05) is 77.9 Å². The van der Waals surface area contributed by atoms with Crippen LogP contribution in [0.5, 0.6) is 11.5 Å². The first-order valence-electron chi connectivity index (χ1n) is 16.5. The van der Waals surface area contributed by atoms with Crippen LogP contribution in [0.4, 0.5) is 5.69 Å². The number of amides is 4. The highest BCUT2D eigenvalue weighted by Crippen LogP contribution is 2.65. The molecule has 1 aromatic heterocycles. The summed E-state index contributed by atoms with van der Waals surface area (Å²) in [4.78, 5) is 60.4. The maximum Gasteiger partial charge on any atom is 0.260 e. The van der Waals surface area contributed by atoms with Crippen molar-refractivity contribution in [3.05, 3.63) is 124 Å². The number of carbonyl (C=O) groups excluding carboxylic acids is 4. The Morgan fingerprint density at radius 2 is 1.67 bits per heavy atom. The number of fused-ring (bicyclic) bond motifs is 4. The van der Waals surface area contributed by atoms with Crippen molar-refractivity contribution in [3.8, 4) is 11.5 Å². The number of para-hydroxylation sites is 1. The molecule has 3 heterocycles. The molecule has 6 atom stereocenters. The predicted octanol–water partition coefficient (Wildman–Crippen LogP) is 5.96. The van der Waals surface area contributed by atoms with Crippen LogP contribution in [-0.4, -0.2) is 45.8 Å². The lowest BCUT2D eigenvalue weighted by Gasteiger charge is -2.50. The highest BCUT2D eigenvalue weighted by atomic mass is 32.1. The molecule has 3 aromatic carbocycles. The fourth-order valence-electron chi connectivity index (χ4n) is 8.81. The number of methoxy groups -OCH3 is 1. The van der Waals surface area contributed by atoms with Crippen LogP contribution in [0, 0.1) is 30.6 Å². The first kappa shape index (κ1) is 31.1. The van der Waals surface area contributed by atoms with E-state index in [9.17, 15) is 19.5 Å². The number of nitrogens with one attached hydrogen (secondary N) is 1. The van der Waals surface area contributed by atoms with Crippen molar-refractivity contribution >= 4 is 40.7 Å². The Labute approximate surface area is 287 Å². The van der Waals surface area contributed by atoms with E-state index >= 15 is 4.79 Å². The molecule has 0 bridgehead atoms. The van der Waals surface area contributed by atoms with Crippen LogP contribution in [0.15, 0.2) is 102 Å². The third-order valence-corrected chi connectivity index (χ3v) is 11.8. The minimum atomic E-state index is -1.47. The lowest BCUT2D eigenvalue weighted by molar-refractivity contribution is -0.141. The minimum Gasteiger partial charge on any atom is -0.504 e. The number of carbonyl (C=O) groups is 4. The first-order valence-corrected chi connectivity index (χ1v) is 17.3. The van der Waals surface area contributed by atoms with Gasteiger partial charge < -0.3 is 9.84 Å². The van der Waals surface area contributed by atoms with Crippen molar-refractivity contribution in [3.63, 3.8) is 0 Å². The molecule has 3 fully saturated rings. The number of ether oxygens (including phenoxy) is 1. The summed E-state index contributed by atoms with van der Waals surface area (Å²) in [7, 11) is 1.46. The molecule has 0 spiro atoms. The monoisotopic (exact) mass is 673 g/mol. The molecule has 2 aliphatic carbocycles. The smallest absolute Gasteiger partial charge is 0.260 e. The van der Waals surface area contributed by atoms with Gasteiger partial charge in [0.05, 0.1) is 42.5 Å². The summed E-state index contributed by atoms with van der Waals surface area (Å²) in [5.41, 5.74) is 5.07. The van der Waals surface area contributed by atoms with Gasteiger partial charge in [-0.3, -0.25) is 29.5 Å². The lowest BCUT2D eigenvalue weighted by atomic mass is 9.49. The summed E-state index contributed by atoms with van der Waals surface area (Å²) in [6, 6.07) is 25.7. The third-order valence-electron chi connectivity index (χ3n) is 10.9. The lowest BCUT2D eigenvalue weighted by Crippen LogP contribution is -2.53. The third kappa shape index (κ3) is 4.57. The maximum absolute atomic E-state index is 15.2. The zero-order valence-corrected chi connectivity index (χ0v) is 27.9. The van der Waals surface area contributed by atoms with Crippen LogP contribution in [0.1, 0.15) is 40.3 Å². The highest BCUT2D eigenvalue weighted by molar-refractivity contribution is 7.09. The van der Waals surface area contributed by atoms with E-state index in [1.54, 1.807) is 18.2 Å². The molecule has 2 saturated heterocycles. The Hall–Kier alpha value is -5.22. The average Bonchev–Trinajstić information content (AvgIpc) is 3.78. The van der Waals surface area contributed by atoms with Gasteiger partial charge in [0.25, 0.3) is 11.8 Å². The van der Waals surface area contributed by atoms with Crippen LogP contribution >= 0.6 is 11.3 Å². The molecule has 0 radical (unpaired) electrons. The van der Waals surface area contributed by atoms with Crippen LogP contribution in [0.25, 0.3) is 0 Å². The molecular weight excluding hydrogens is 639 g/mol. The molecule has 2 aliphatic heterocycles. The standard InChI is InChI=1S/C39H35N3O6S/c1-22-13-15-24(16-14-22)40-42-36(45)30-20-29-26(17-18-27-32(29)37(46)41(35(27)44)21-25-10-7-19-49-25)33(28-11-6-12-31(48-2)34(28)43)39(30,38(42)47)23-8-4-3-5-9-23/h3-17,19,27,29-30,32-33,40,43H,18,20-21H2,1-2H3/t27-,29+,30-,32-,33+,39+/m0/s1. The second kappa shape index (κ2) is 11.7. The Balaban J connectivity index is 1.32. The van der Waals surface area contributed by atoms with Gasteiger partial charge in [-0.05, 0) is 60.9 Å². The Morgan fingerprint density at radius 3 is 2.39 bits per heavy atom. The van der Waals surface area contributed by atoms with E-state index in [0.717, 1.165) is 21.0 Å². The largest absolute Gasteiger partial charge is 0.504 e. The molecule has 4 amide bonds. The van der Waals surface area contributed by atoms with E-state index in [4.69, 9.17) is 4.74 Å². The van der Waals surface area contributed by atoms with E-state index in [2.05, 4.69) is 5.43 Å². The number of hydrogen-bond donors (Lipinski definition) is 2. The Kier molecular flexibility index (Phi) is 7.44. The highest BCUT2D eigenvalue weighted by Gasteiger charge is 2.70. The first-order chi connectivity index (χ1) is 23.7. The molecule has 248 valence electrons. The summed E-state index contributed by atoms with van der Waals surface area (Å²) in [6.07, 6.45) is 2.49. The number of aromatic hydroxyl groups is 1. The van der Waals surface area contributed by atoms with Crippen LogP contribution < -0.4 is 10.2 Å². The van der Waals surface area contributed by atoms with E-state index in [0.29, 0.717) is 23.2 Å². The van der Waals surface area contributed by atoms with E-state index in [1.807, 2.05) is 85.1 Å². The number of benzene rings is 3. The van der Waals surface area contributed by atoms with Gasteiger partial charge in [0, 0.05) is 16.4 Å². The maximum atomic E-state index is 15.2. The molecule has 0 unspecified atom stereocenters. The van der Waals surface area contributed by atoms with Gasteiger partial charge in [-0.15, -0.1) is 11.3 Å². The molecule has 4 aromatic rings. The number of aryl methyl sites for hydroxylation is 1. The van der Waals surface area contributed by atoms with Crippen LogP contribution in [0.3, 0.4) is 0 Å². The van der Waals surface area contributed by atoms with Crippen LogP contribution in [0.2, 0.25) is 0 Å². The topological polar surface area (TPSA) is 116 Å². The second-order valence-corrected chi connectivity index (χ2v) is 14.4. The van der Waals surface area contributed by atoms with Gasteiger partial charge in [0.15, 0.2) is 11.5 Å². The number of hydrazine groups is 1. The molecular formula is C39H35N3O6S. The molecule has 8 rings (SSSR count). The summed E-state index contributed by atoms with van der Waals surface area (Å²) in [5.74, 6) is -4.78. The number of phenols is 1. The van der Waals surface area contributed by atoms with E-state index < -0.39 is 46.8 Å². The Bertz CT molecular complexity index is 2010. The SMILES string of the molecule is COc1cccc([C@H]2C3=CC[C@@H]4C(=O)N(Cc5cccs5)C(=O)[C@@H]4[C@@H]3C[C@H]3C(=O)N(Nc4ccc(C)cc4)C(=O)[C@@]23c2ccccc2)c1O. The summed E-state index contributed by atoms with van der Waals surface area (Å²) >= 11 is 1.49. The van der Waals surface area contributed by atoms with Gasteiger partial charge in [0.2, 0.25) is 11.8 Å². The summed E-state index contributed by atoms with van der Waals surface area (Å²) in [6.45, 7) is 2.16. The number of imide groups is 2. The van der Waals surface area contributed by atoms with Crippen molar-refractivity contribution in [1.29, 1.82) is 0 Å². The number of anilines is 1. The number of hydrogen-bond acceptors (Lipinski definition) is 8. The summed E-state index contributed by atoms with van der Waals surface area (Å²) in [5, 5.41) is 14.8. The average molecular weight is 674 g/mol. The van der Waals surface area contributed by atoms with E-state index in [-0.39, 0.29) is 36.3 Å². The number of rotatable bonds is 7. The molecule has 1 saturated carbocycles. The number of phenolic OH excluding ortho intramolecular Hbond substituents is 1. The number of allylic oxidation sites excluding steroid dienone is 2. The molecule has 4 aliphatic rings. The fraction of sp³-hybridized carbons (Fsp3) is 0.282. The van der Waals surface area contributed by atoms with Gasteiger partial charge >= 0.3 is 0 Å². The number of likely N-dealkylation sites (tertiary alicyclic amines) is 1. The zero-order valence-electron chi connectivity index (χ0n) is 27.0. The van der Waals surface area contributed by atoms with Crippen molar-refractivity contribution < 1.29 is 29.0 Å². The number of nitrogens with zero attached hydrogens (tertiary/aromatic N) is 2.